The fourth-order valence-electron chi connectivity index (χ4n) is 1.86. The molecule has 0 unspecified atom stereocenters. The largest absolute Gasteiger partial charge is 0.497 e. The number of halogens is 1. The Balaban J connectivity index is 1.98. The molecule has 2 amide bonds. The molecule has 0 spiro atoms. The van der Waals surface area contributed by atoms with Crippen molar-refractivity contribution in [2.45, 2.75) is 0 Å². The van der Waals surface area contributed by atoms with Gasteiger partial charge in [-0.05, 0) is 29.8 Å². The van der Waals surface area contributed by atoms with Gasteiger partial charge in [0.2, 0.25) is 0 Å². The van der Waals surface area contributed by atoms with Gasteiger partial charge in [0, 0.05) is 10.5 Å². The van der Waals surface area contributed by atoms with Crippen molar-refractivity contribution in [1.29, 1.82) is 0 Å². The average molecular weight is 406 g/mol. The molecule has 7 nitrogen and oxygen atoms in total. The van der Waals surface area contributed by atoms with Crippen LogP contribution in [0, 0.1) is 0 Å². The smallest absolute Gasteiger partial charge is 0.329 e. The molecule has 2 aromatic carbocycles. The van der Waals surface area contributed by atoms with Gasteiger partial charge < -0.3 is 14.8 Å². The van der Waals surface area contributed by atoms with E-state index in [-0.39, 0.29) is 0 Å². The van der Waals surface area contributed by atoms with Crippen molar-refractivity contribution in [3.8, 4) is 11.5 Å². The number of ether oxygens (including phenoxy) is 2. The summed E-state index contributed by atoms with van der Waals surface area (Å²) in [6, 6.07) is 12.1. The molecule has 0 aliphatic carbocycles. The number of nitrogens with zero attached hydrogens (tertiary/aromatic N) is 1. The highest BCUT2D eigenvalue weighted by atomic mass is 79.9. The summed E-state index contributed by atoms with van der Waals surface area (Å²) in [6.07, 6.45) is 1.43. The lowest BCUT2D eigenvalue weighted by Crippen LogP contribution is -2.32. The molecule has 0 fully saturated rings. The lowest BCUT2D eigenvalue weighted by molar-refractivity contribution is -0.136. The van der Waals surface area contributed by atoms with Crippen LogP contribution in [0.5, 0.6) is 11.5 Å². The Morgan fingerprint density at radius 2 is 1.76 bits per heavy atom. The first-order valence-electron chi connectivity index (χ1n) is 7.15. The van der Waals surface area contributed by atoms with E-state index in [1.165, 1.54) is 20.4 Å². The topological polar surface area (TPSA) is 89.0 Å². The van der Waals surface area contributed by atoms with Gasteiger partial charge in [-0.25, -0.2) is 5.43 Å². The number of rotatable bonds is 5. The summed E-state index contributed by atoms with van der Waals surface area (Å²) in [4.78, 5) is 23.8. The number of amides is 2. The van der Waals surface area contributed by atoms with Gasteiger partial charge in [-0.1, -0.05) is 28.1 Å². The van der Waals surface area contributed by atoms with Crippen LogP contribution >= 0.6 is 15.9 Å². The average Bonchev–Trinajstić information content (AvgIpc) is 2.63. The Hall–Kier alpha value is -2.87. The van der Waals surface area contributed by atoms with Crippen LogP contribution in [-0.4, -0.2) is 32.2 Å². The Kier molecular flexibility index (Phi) is 6.53. The second kappa shape index (κ2) is 8.84. The number of hydrogen-bond acceptors (Lipinski definition) is 5. The van der Waals surface area contributed by atoms with E-state index in [9.17, 15) is 9.59 Å². The van der Waals surface area contributed by atoms with Crippen LogP contribution in [0.1, 0.15) is 5.56 Å². The summed E-state index contributed by atoms with van der Waals surface area (Å²) < 4.78 is 11.2. The zero-order chi connectivity index (χ0) is 18.2. The lowest BCUT2D eigenvalue weighted by Gasteiger charge is -2.11. The van der Waals surface area contributed by atoms with Crippen molar-refractivity contribution in [2.24, 2.45) is 5.10 Å². The standard InChI is InChI=1S/C17H16BrN3O4/c1-24-13-7-8-15(25-2)14(9-13)20-16(22)17(23)21-19-10-11-3-5-12(18)6-4-11/h3-10H,1-2H3,(H,20,22)(H,21,23)/b19-10-. The SMILES string of the molecule is COc1ccc(OC)c(NC(=O)C(=O)N/N=C\c2ccc(Br)cc2)c1. The Bertz CT molecular complexity index is 791. The van der Waals surface area contributed by atoms with Crippen LogP contribution < -0.4 is 20.2 Å². The van der Waals surface area contributed by atoms with E-state index in [4.69, 9.17) is 9.47 Å². The summed E-state index contributed by atoms with van der Waals surface area (Å²) in [5, 5.41) is 6.21. The van der Waals surface area contributed by atoms with E-state index in [0.29, 0.717) is 17.2 Å². The summed E-state index contributed by atoms with van der Waals surface area (Å²) in [7, 11) is 2.96. The van der Waals surface area contributed by atoms with E-state index >= 15 is 0 Å². The molecule has 0 radical (unpaired) electrons. The highest BCUT2D eigenvalue weighted by molar-refractivity contribution is 9.10. The monoisotopic (exact) mass is 405 g/mol. The van der Waals surface area contributed by atoms with Gasteiger partial charge in [-0.15, -0.1) is 0 Å². The molecule has 2 N–H and O–H groups in total. The van der Waals surface area contributed by atoms with Gasteiger partial charge >= 0.3 is 11.8 Å². The van der Waals surface area contributed by atoms with Gasteiger partial charge in [0.15, 0.2) is 0 Å². The summed E-state index contributed by atoms with van der Waals surface area (Å²) in [5.74, 6) is -0.858. The molecule has 8 heteroatoms. The molecule has 0 saturated carbocycles. The van der Waals surface area contributed by atoms with Crippen molar-refractivity contribution in [3.05, 3.63) is 52.5 Å². The van der Waals surface area contributed by atoms with Crippen LogP contribution in [0.25, 0.3) is 0 Å². The van der Waals surface area contributed by atoms with Gasteiger partial charge in [-0.3, -0.25) is 9.59 Å². The van der Waals surface area contributed by atoms with E-state index in [0.717, 1.165) is 10.0 Å². The van der Waals surface area contributed by atoms with Crippen LogP contribution in [0.2, 0.25) is 0 Å². The zero-order valence-corrected chi connectivity index (χ0v) is 15.2. The third-order valence-electron chi connectivity index (χ3n) is 3.11. The summed E-state index contributed by atoms with van der Waals surface area (Å²) in [5.41, 5.74) is 3.26. The maximum atomic E-state index is 12.0. The lowest BCUT2D eigenvalue weighted by atomic mass is 10.2. The number of carbonyl (C=O) groups is 2. The molecule has 0 atom stereocenters. The van der Waals surface area contributed by atoms with Gasteiger partial charge in [0.25, 0.3) is 0 Å². The molecule has 0 bridgehead atoms. The normalized spacial score (nSPS) is 10.4. The van der Waals surface area contributed by atoms with E-state index in [1.54, 1.807) is 30.3 Å². The Morgan fingerprint density at radius 1 is 1.04 bits per heavy atom. The quantitative estimate of drug-likeness (QED) is 0.454. The first-order chi connectivity index (χ1) is 12.0. The molecule has 0 aliphatic rings. The third kappa shape index (κ3) is 5.32. The molecule has 2 aromatic rings. The maximum Gasteiger partial charge on any atom is 0.329 e. The predicted molar refractivity (Wildman–Crippen MR) is 98.1 cm³/mol. The molecule has 0 heterocycles. The third-order valence-corrected chi connectivity index (χ3v) is 3.64. The molecule has 2 rings (SSSR count). The van der Waals surface area contributed by atoms with E-state index in [1.807, 2.05) is 12.1 Å². The predicted octanol–water partition coefficient (Wildman–Crippen LogP) is 2.56. The molecule has 130 valence electrons. The van der Waals surface area contributed by atoms with E-state index < -0.39 is 11.8 Å². The van der Waals surface area contributed by atoms with Gasteiger partial charge in [0.1, 0.15) is 11.5 Å². The van der Waals surface area contributed by atoms with Crippen LogP contribution in [-0.2, 0) is 9.59 Å². The van der Waals surface area contributed by atoms with Crippen molar-refractivity contribution < 1.29 is 19.1 Å². The Labute approximate surface area is 153 Å². The maximum absolute atomic E-state index is 12.0. The van der Waals surface area contributed by atoms with Crippen molar-refractivity contribution >= 4 is 39.6 Å². The summed E-state index contributed by atoms with van der Waals surface area (Å²) in [6.45, 7) is 0. The highest BCUT2D eigenvalue weighted by Crippen LogP contribution is 2.28. The van der Waals surface area contributed by atoms with Gasteiger partial charge in [0.05, 0.1) is 26.1 Å². The molecular formula is C17H16BrN3O4. The minimum absolute atomic E-state index is 0.318. The first kappa shape index (κ1) is 18.5. The zero-order valence-electron chi connectivity index (χ0n) is 13.6. The second-order valence-electron chi connectivity index (χ2n) is 4.77. The van der Waals surface area contributed by atoms with E-state index in [2.05, 4.69) is 31.8 Å². The number of methoxy groups -OCH3 is 2. The minimum atomic E-state index is -0.904. The number of benzene rings is 2. The van der Waals surface area contributed by atoms with Crippen molar-refractivity contribution in [2.75, 3.05) is 19.5 Å². The highest BCUT2D eigenvalue weighted by Gasteiger charge is 2.15. The fourth-order valence-corrected chi connectivity index (χ4v) is 2.12. The number of carbonyl (C=O) groups excluding carboxylic acids is 2. The number of nitrogens with one attached hydrogen (secondary N) is 2. The molecule has 0 aromatic heterocycles. The number of hydrazone groups is 1. The summed E-state index contributed by atoms with van der Waals surface area (Å²) >= 11 is 3.32. The Morgan fingerprint density at radius 3 is 2.40 bits per heavy atom. The molecule has 25 heavy (non-hydrogen) atoms. The number of hydrogen-bond donors (Lipinski definition) is 2. The van der Waals surface area contributed by atoms with Crippen LogP contribution in [0.3, 0.4) is 0 Å². The second-order valence-corrected chi connectivity index (χ2v) is 5.69. The fraction of sp³-hybridized carbons (Fsp3) is 0.118. The van der Waals surface area contributed by atoms with Crippen LogP contribution in [0.4, 0.5) is 5.69 Å². The first-order valence-corrected chi connectivity index (χ1v) is 7.94. The minimum Gasteiger partial charge on any atom is -0.497 e. The van der Waals surface area contributed by atoms with Gasteiger partial charge in [-0.2, -0.15) is 5.10 Å². The molecule has 0 aliphatic heterocycles. The molecule has 0 saturated heterocycles. The molecular weight excluding hydrogens is 390 g/mol. The van der Waals surface area contributed by atoms with Crippen molar-refractivity contribution in [1.82, 2.24) is 5.43 Å². The van der Waals surface area contributed by atoms with Crippen LogP contribution in [0.15, 0.2) is 52.0 Å². The van der Waals surface area contributed by atoms with Crippen molar-refractivity contribution in [3.63, 3.8) is 0 Å². The number of anilines is 1.